The number of pyridine rings is 1. The minimum atomic E-state index is -5.02. The van der Waals surface area contributed by atoms with Crippen molar-refractivity contribution in [3.05, 3.63) is 72.4 Å². The quantitative estimate of drug-likeness (QED) is 0.236. The third-order valence-electron chi connectivity index (χ3n) is 6.63. The summed E-state index contributed by atoms with van der Waals surface area (Å²) >= 11 is 0. The number of rotatable bonds is 9. The number of anilines is 3. The molecule has 5 aromatic rings. The average molecular weight is 613 g/mol. The van der Waals surface area contributed by atoms with Crippen LogP contribution in [0.25, 0.3) is 33.3 Å². The highest BCUT2D eigenvalue weighted by molar-refractivity contribution is 7.93. The molecule has 3 aromatic heterocycles. The van der Waals surface area contributed by atoms with E-state index in [1.807, 2.05) is 18.8 Å². The van der Waals surface area contributed by atoms with E-state index in [0.29, 0.717) is 44.8 Å². The first-order chi connectivity index (χ1) is 20.4. The molecule has 0 amide bonds. The van der Waals surface area contributed by atoms with Crippen LogP contribution in [0.4, 0.5) is 30.6 Å². The Bertz CT molecular complexity index is 1900. The number of nitrogens with two attached hydrogens (primary N) is 1. The Morgan fingerprint density at radius 2 is 1.67 bits per heavy atom. The molecular weight excluding hydrogens is 585 g/mol. The predicted octanol–water partition coefficient (Wildman–Crippen LogP) is 4.98. The molecule has 0 saturated carbocycles. The summed E-state index contributed by atoms with van der Waals surface area (Å²) in [4.78, 5) is 14.9. The first-order valence-corrected chi connectivity index (χ1v) is 14.4. The van der Waals surface area contributed by atoms with E-state index >= 15 is 0 Å². The number of benzene rings is 2. The number of hydrogen-bond donors (Lipinski definition) is 2. The highest BCUT2D eigenvalue weighted by Gasteiger charge is 2.27. The molecule has 0 saturated heterocycles. The highest BCUT2D eigenvalue weighted by atomic mass is 32.2. The molecule has 1 atom stereocenters. The zero-order valence-corrected chi connectivity index (χ0v) is 24.3. The van der Waals surface area contributed by atoms with Gasteiger partial charge in [0.25, 0.3) is 10.0 Å². The van der Waals surface area contributed by atoms with Crippen molar-refractivity contribution in [3.8, 4) is 28.1 Å². The maximum atomic E-state index is 13.5. The lowest BCUT2D eigenvalue weighted by Gasteiger charge is -2.19. The van der Waals surface area contributed by atoms with Gasteiger partial charge in [-0.3, -0.25) is 9.40 Å². The van der Waals surface area contributed by atoms with E-state index in [0.717, 1.165) is 0 Å². The van der Waals surface area contributed by atoms with Crippen LogP contribution in [0.15, 0.2) is 61.1 Å². The number of halogens is 3. The fourth-order valence-electron chi connectivity index (χ4n) is 4.48. The summed E-state index contributed by atoms with van der Waals surface area (Å²) in [5.74, 6) is -3.48. The SMILES string of the molecule is C[C@H](Oc1cc(-c2nn(C)c3c(-c4cnc(N(C)C)nc4)cnc(N)c23)ccc1NS(=O)(=O)C(F)F)c1ccc(F)cc1. The summed E-state index contributed by atoms with van der Waals surface area (Å²) in [6, 6.07) is 9.76. The van der Waals surface area contributed by atoms with Crippen molar-refractivity contribution >= 4 is 38.4 Å². The highest BCUT2D eigenvalue weighted by Crippen LogP contribution is 2.40. The van der Waals surface area contributed by atoms with Gasteiger partial charge in [-0.05, 0) is 36.8 Å². The molecule has 3 N–H and O–H groups in total. The molecule has 0 aliphatic carbocycles. The topological polar surface area (TPSA) is 141 Å². The van der Waals surface area contributed by atoms with E-state index in [4.69, 9.17) is 10.5 Å². The van der Waals surface area contributed by atoms with Gasteiger partial charge in [-0.15, -0.1) is 0 Å². The van der Waals surface area contributed by atoms with Gasteiger partial charge >= 0.3 is 5.76 Å². The molecule has 0 aliphatic rings. The Labute approximate surface area is 245 Å². The van der Waals surface area contributed by atoms with Gasteiger partial charge in [-0.25, -0.2) is 27.8 Å². The summed E-state index contributed by atoms with van der Waals surface area (Å²) < 4.78 is 73.5. The number of alkyl halides is 2. The van der Waals surface area contributed by atoms with Gasteiger partial charge in [-0.2, -0.15) is 13.9 Å². The second-order valence-corrected chi connectivity index (χ2v) is 11.5. The van der Waals surface area contributed by atoms with Crippen LogP contribution >= 0.6 is 0 Å². The fraction of sp³-hybridized carbons (Fsp3) is 0.214. The largest absolute Gasteiger partial charge is 0.484 e. The van der Waals surface area contributed by atoms with Crippen LogP contribution in [0.2, 0.25) is 0 Å². The molecule has 0 fully saturated rings. The van der Waals surface area contributed by atoms with Crippen LogP contribution in [-0.2, 0) is 17.1 Å². The van der Waals surface area contributed by atoms with Gasteiger partial charge < -0.3 is 15.4 Å². The number of hydrogen-bond acceptors (Lipinski definition) is 9. The number of nitrogen functional groups attached to an aromatic ring is 1. The summed E-state index contributed by atoms with van der Waals surface area (Å²) in [5, 5.41) is 5.16. The minimum absolute atomic E-state index is 0.0623. The maximum Gasteiger partial charge on any atom is 0.355 e. The molecule has 5 rings (SSSR count). The number of fused-ring (bicyclic) bond motifs is 1. The van der Waals surface area contributed by atoms with Crippen LogP contribution in [0.1, 0.15) is 18.6 Å². The van der Waals surface area contributed by atoms with Crippen molar-refractivity contribution < 1.29 is 26.3 Å². The molecule has 2 aromatic carbocycles. The van der Waals surface area contributed by atoms with E-state index < -0.39 is 27.7 Å². The van der Waals surface area contributed by atoms with Gasteiger partial charge in [0, 0.05) is 56.4 Å². The van der Waals surface area contributed by atoms with E-state index in [-0.39, 0.29) is 17.3 Å². The second kappa shape index (κ2) is 11.4. The number of nitrogens with zero attached hydrogens (tertiary/aromatic N) is 6. The van der Waals surface area contributed by atoms with Crippen molar-refractivity contribution in [1.82, 2.24) is 24.7 Å². The van der Waals surface area contributed by atoms with Gasteiger partial charge in [0.2, 0.25) is 5.95 Å². The normalized spacial score (nSPS) is 12.5. The number of aryl methyl sites for hydroxylation is 1. The number of ether oxygens (including phenoxy) is 1. The van der Waals surface area contributed by atoms with Crippen LogP contribution < -0.4 is 20.1 Å². The molecule has 0 aliphatic heterocycles. The standard InChI is InChI=1S/C28H27F3N8O3S/c1-15(16-5-8-19(29)9-6-16)42-22-11-17(7-10-21(22)37-43(40,41)27(30)31)24-23-25(39(4)36-24)20(14-33-26(23)32)18-12-34-28(35-13-18)38(2)3/h5-15,27,37H,1-4H3,(H2,32,33)/t15-/m0/s1. The molecule has 0 bridgehead atoms. The Kier molecular flexibility index (Phi) is 7.84. The van der Waals surface area contributed by atoms with Gasteiger partial charge in [0.05, 0.1) is 16.6 Å². The smallest absolute Gasteiger partial charge is 0.355 e. The first kappa shape index (κ1) is 29.6. The molecule has 0 radical (unpaired) electrons. The van der Waals surface area contributed by atoms with Crippen LogP contribution in [0.5, 0.6) is 5.75 Å². The van der Waals surface area contributed by atoms with Crippen molar-refractivity contribution in [1.29, 1.82) is 0 Å². The molecule has 15 heteroatoms. The third kappa shape index (κ3) is 5.88. The Morgan fingerprint density at radius 3 is 2.30 bits per heavy atom. The molecular formula is C28H27F3N8O3S. The van der Waals surface area contributed by atoms with Crippen LogP contribution in [0, 0.1) is 5.82 Å². The molecule has 43 heavy (non-hydrogen) atoms. The lowest BCUT2D eigenvalue weighted by Crippen LogP contribution is -2.21. The number of sulfonamides is 1. The predicted molar refractivity (Wildman–Crippen MR) is 158 cm³/mol. The van der Waals surface area contributed by atoms with Crippen molar-refractivity contribution in [2.24, 2.45) is 7.05 Å². The van der Waals surface area contributed by atoms with Crippen LogP contribution in [-0.4, -0.2) is 53.0 Å². The Morgan fingerprint density at radius 1 is 1.00 bits per heavy atom. The zero-order valence-electron chi connectivity index (χ0n) is 23.5. The second-order valence-electron chi connectivity index (χ2n) is 9.85. The van der Waals surface area contributed by atoms with Crippen molar-refractivity contribution in [2.45, 2.75) is 18.8 Å². The Hall–Kier alpha value is -4.92. The van der Waals surface area contributed by atoms with Crippen LogP contribution in [0.3, 0.4) is 0 Å². The molecule has 3 heterocycles. The van der Waals surface area contributed by atoms with Crippen molar-refractivity contribution in [2.75, 3.05) is 29.5 Å². The summed E-state index contributed by atoms with van der Waals surface area (Å²) in [6.07, 6.45) is 4.20. The number of nitrogens with one attached hydrogen (secondary N) is 1. The van der Waals surface area contributed by atoms with E-state index in [9.17, 15) is 21.6 Å². The van der Waals surface area contributed by atoms with E-state index in [1.165, 1.54) is 42.5 Å². The summed E-state index contributed by atoms with van der Waals surface area (Å²) in [7, 11) is 0.362. The van der Waals surface area contributed by atoms with Gasteiger partial charge in [0.15, 0.2) is 0 Å². The summed E-state index contributed by atoms with van der Waals surface area (Å²) in [6.45, 7) is 1.65. The van der Waals surface area contributed by atoms with E-state index in [2.05, 4.69) is 20.1 Å². The van der Waals surface area contributed by atoms with Gasteiger partial charge in [-0.1, -0.05) is 18.2 Å². The molecule has 0 unspecified atom stereocenters. The van der Waals surface area contributed by atoms with Crippen molar-refractivity contribution in [3.63, 3.8) is 0 Å². The zero-order chi connectivity index (χ0) is 31.1. The lowest BCUT2D eigenvalue weighted by atomic mass is 10.0. The number of aromatic nitrogens is 5. The van der Waals surface area contributed by atoms with E-state index in [1.54, 1.807) is 42.1 Å². The first-order valence-electron chi connectivity index (χ1n) is 12.8. The third-order valence-corrected chi connectivity index (χ3v) is 7.60. The monoisotopic (exact) mass is 612 g/mol. The Balaban J connectivity index is 1.63. The van der Waals surface area contributed by atoms with Gasteiger partial charge in [0.1, 0.15) is 29.2 Å². The average Bonchev–Trinajstić information content (AvgIpc) is 3.32. The lowest BCUT2D eigenvalue weighted by molar-refractivity contribution is 0.228. The molecule has 224 valence electrons. The summed E-state index contributed by atoms with van der Waals surface area (Å²) in [5.41, 5.74) is 9.48. The minimum Gasteiger partial charge on any atom is -0.484 e. The molecule has 0 spiro atoms. The molecule has 11 nitrogen and oxygen atoms in total. The maximum absolute atomic E-state index is 13.5. The fourth-order valence-corrected chi connectivity index (χ4v) is 5.05.